The average molecular weight is 309 g/mol. The normalized spacial score (nSPS) is 10.3. The predicted molar refractivity (Wildman–Crippen MR) is 75.7 cm³/mol. The molecule has 104 valence electrons. The summed E-state index contributed by atoms with van der Waals surface area (Å²) in [5.74, 6) is -1.36. The number of esters is 1. The molecule has 2 aromatic heterocycles. The third-order valence-electron chi connectivity index (χ3n) is 2.47. The molecule has 0 aliphatic rings. The van der Waals surface area contributed by atoms with Gasteiger partial charge in [0, 0.05) is 10.3 Å². The summed E-state index contributed by atoms with van der Waals surface area (Å²) in [4.78, 5) is 27.7. The fraction of sp³-hybridized carbons (Fsp3) is 0.154. The van der Waals surface area contributed by atoms with E-state index in [0.29, 0.717) is 16.3 Å². The van der Waals surface area contributed by atoms with Gasteiger partial charge in [-0.05, 0) is 25.1 Å². The molecule has 5 nitrogen and oxygen atoms in total. The third-order valence-corrected chi connectivity index (χ3v) is 4.45. The number of carboxylic acid groups (broad SMARTS) is 1. The lowest BCUT2D eigenvalue weighted by atomic mass is 10.2. The van der Waals surface area contributed by atoms with E-state index in [1.807, 2.05) is 0 Å². The van der Waals surface area contributed by atoms with Crippen LogP contribution in [-0.2, 0) is 4.74 Å². The Morgan fingerprint density at radius 3 is 2.70 bits per heavy atom. The van der Waals surface area contributed by atoms with Gasteiger partial charge in [0.25, 0.3) is 0 Å². The van der Waals surface area contributed by atoms with Crippen LogP contribution in [0.5, 0.6) is 0 Å². The number of methoxy groups -OCH3 is 1. The minimum Gasteiger partial charge on any atom is -0.477 e. The number of thiophene rings is 1. The Bertz CT molecular complexity index is 666. The van der Waals surface area contributed by atoms with Crippen molar-refractivity contribution in [1.82, 2.24) is 4.98 Å². The summed E-state index contributed by atoms with van der Waals surface area (Å²) in [5.41, 5.74) is 1.00. The molecular formula is C13H11NO4S2. The molecule has 0 fully saturated rings. The summed E-state index contributed by atoms with van der Waals surface area (Å²) < 4.78 is 4.66. The number of pyridine rings is 1. The molecule has 0 amide bonds. The van der Waals surface area contributed by atoms with Gasteiger partial charge in [0.15, 0.2) is 0 Å². The number of hydrogen-bond acceptors (Lipinski definition) is 6. The van der Waals surface area contributed by atoms with Gasteiger partial charge in [-0.1, -0.05) is 11.8 Å². The van der Waals surface area contributed by atoms with E-state index in [0.717, 1.165) is 4.90 Å². The highest BCUT2D eigenvalue weighted by Crippen LogP contribution is 2.30. The molecule has 0 atom stereocenters. The molecule has 7 heteroatoms. The monoisotopic (exact) mass is 309 g/mol. The van der Waals surface area contributed by atoms with Gasteiger partial charge in [0.1, 0.15) is 9.90 Å². The predicted octanol–water partition coefficient (Wildman–Crippen LogP) is 3.09. The maximum Gasteiger partial charge on any atom is 0.345 e. The molecule has 2 aromatic rings. The lowest BCUT2D eigenvalue weighted by Crippen LogP contribution is -2.05. The zero-order chi connectivity index (χ0) is 14.7. The van der Waals surface area contributed by atoms with E-state index in [-0.39, 0.29) is 4.88 Å². The number of rotatable bonds is 4. The highest BCUT2D eigenvalue weighted by atomic mass is 32.2. The number of carbonyl (C=O) groups excluding carboxylic acids is 1. The second-order valence-corrected chi connectivity index (χ2v) is 5.83. The number of aryl methyl sites for hydroxylation is 1. The van der Waals surface area contributed by atoms with Gasteiger partial charge in [-0.15, -0.1) is 11.3 Å². The zero-order valence-electron chi connectivity index (χ0n) is 10.7. The Morgan fingerprint density at radius 2 is 2.15 bits per heavy atom. The van der Waals surface area contributed by atoms with Gasteiger partial charge in [-0.25, -0.2) is 14.6 Å². The van der Waals surface area contributed by atoms with E-state index in [1.54, 1.807) is 30.5 Å². The Morgan fingerprint density at radius 1 is 1.40 bits per heavy atom. The van der Waals surface area contributed by atoms with Gasteiger partial charge in [0.2, 0.25) is 0 Å². The van der Waals surface area contributed by atoms with Crippen LogP contribution in [0.2, 0.25) is 0 Å². The number of ether oxygens (including phenoxy) is 1. The van der Waals surface area contributed by atoms with Crippen molar-refractivity contribution in [2.45, 2.75) is 16.8 Å². The number of carboxylic acids is 1. The van der Waals surface area contributed by atoms with E-state index in [2.05, 4.69) is 9.72 Å². The lowest BCUT2D eigenvalue weighted by Gasteiger charge is -2.05. The highest BCUT2D eigenvalue weighted by Gasteiger charge is 2.12. The maximum absolute atomic E-state index is 11.4. The van der Waals surface area contributed by atoms with Crippen LogP contribution in [0.4, 0.5) is 0 Å². The van der Waals surface area contributed by atoms with Crippen molar-refractivity contribution in [1.29, 1.82) is 0 Å². The number of nitrogens with zero attached hydrogens (tertiary/aromatic N) is 1. The molecule has 20 heavy (non-hydrogen) atoms. The molecule has 0 aromatic carbocycles. The molecular weight excluding hydrogens is 298 g/mol. The van der Waals surface area contributed by atoms with E-state index in [1.165, 1.54) is 30.2 Å². The summed E-state index contributed by atoms with van der Waals surface area (Å²) in [7, 11) is 1.32. The minimum atomic E-state index is -0.938. The van der Waals surface area contributed by atoms with Gasteiger partial charge in [-0.3, -0.25) is 0 Å². The Hall–Kier alpha value is -1.86. The van der Waals surface area contributed by atoms with Crippen LogP contribution in [0.25, 0.3) is 0 Å². The van der Waals surface area contributed by atoms with Crippen molar-refractivity contribution in [2.75, 3.05) is 7.11 Å². The van der Waals surface area contributed by atoms with Crippen molar-refractivity contribution < 1.29 is 19.4 Å². The van der Waals surface area contributed by atoms with E-state index >= 15 is 0 Å². The first-order chi connectivity index (χ1) is 9.51. The summed E-state index contributed by atoms with van der Waals surface area (Å²) >= 11 is 2.52. The molecule has 0 unspecified atom stereocenters. The van der Waals surface area contributed by atoms with E-state index < -0.39 is 11.9 Å². The average Bonchev–Trinajstić information content (AvgIpc) is 2.87. The van der Waals surface area contributed by atoms with E-state index in [9.17, 15) is 9.59 Å². The fourth-order valence-corrected chi connectivity index (χ4v) is 3.28. The second-order valence-electron chi connectivity index (χ2n) is 3.83. The van der Waals surface area contributed by atoms with Crippen LogP contribution in [0.1, 0.15) is 25.7 Å². The Balaban J connectivity index is 2.19. The first-order valence-electron chi connectivity index (χ1n) is 5.57. The molecule has 0 radical (unpaired) electrons. The quantitative estimate of drug-likeness (QED) is 0.875. The number of aromatic nitrogens is 1. The van der Waals surface area contributed by atoms with Crippen LogP contribution < -0.4 is 0 Å². The maximum atomic E-state index is 11.4. The summed E-state index contributed by atoms with van der Waals surface area (Å²) in [5, 5.41) is 11.3. The van der Waals surface area contributed by atoms with Crippen molar-refractivity contribution in [3.63, 3.8) is 0 Å². The molecule has 2 heterocycles. The largest absolute Gasteiger partial charge is 0.477 e. The Kier molecular flexibility index (Phi) is 4.41. The molecule has 0 saturated heterocycles. The standard InChI is InChI=1S/C13H11NO4S2/c1-7-9(13(17)18-2)3-4-11(14-7)20-8-5-10(12(15)16)19-6-8/h3-6H,1-2H3,(H,15,16). The first kappa shape index (κ1) is 14.5. The number of hydrogen-bond donors (Lipinski definition) is 1. The number of aromatic carboxylic acids is 1. The second kappa shape index (κ2) is 6.06. The molecule has 0 saturated carbocycles. The minimum absolute atomic E-state index is 0.287. The summed E-state index contributed by atoms with van der Waals surface area (Å²) in [6, 6.07) is 4.96. The van der Waals surface area contributed by atoms with Gasteiger partial charge >= 0.3 is 11.9 Å². The zero-order valence-corrected chi connectivity index (χ0v) is 12.4. The van der Waals surface area contributed by atoms with Crippen molar-refractivity contribution in [3.05, 3.63) is 39.7 Å². The van der Waals surface area contributed by atoms with Crippen LogP contribution in [0, 0.1) is 6.92 Å². The van der Waals surface area contributed by atoms with Crippen LogP contribution in [0.3, 0.4) is 0 Å². The highest BCUT2D eigenvalue weighted by molar-refractivity contribution is 7.99. The van der Waals surface area contributed by atoms with E-state index in [4.69, 9.17) is 5.11 Å². The van der Waals surface area contributed by atoms with Crippen molar-refractivity contribution in [3.8, 4) is 0 Å². The molecule has 0 aliphatic carbocycles. The molecule has 0 aliphatic heterocycles. The van der Waals surface area contributed by atoms with Crippen molar-refractivity contribution >= 4 is 35.0 Å². The van der Waals surface area contributed by atoms with Crippen molar-refractivity contribution in [2.24, 2.45) is 0 Å². The third kappa shape index (κ3) is 3.17. The SMILES string of the molecule is COC(=O)c1ccc(Sc2csc(C(=O)O)c2)nc1C. The molecule has 0 bridgehead atoms. The van der Waals surface area contributed by atoms with Crippen LogP contribution in [0.15, 0.2) is 33.5 Å². The fourth-order valence-electron chi connectivity index (χ4n) is 1.53. The molecule has 2 rings (SSSR count). The number of carbonyl (C=O) groups is 2. The smallest absolute Gasteiger partial charge is 0.345 e. The van der Waals surface area contributed by atoms with Gasteiger partial charge in [0.05, 0.1) is 18.4 Å². The van der Waals surface area contributed by atoms with Gasteiger partial charge < -0.3 is 9.84 Å². The Labute approximate surface area is 123 Å². The van der Waals surface area contributed by atoms with Gasteiger partial charge in [-0.2, -0.15) is 0 Å². The van der Waals surface area contributed by atoms with Crippen LogP contribution in [-0.4, -0.2) is 29.1 Å². The first-order valence-corrected chi connectivity index (χ1v) is 7.26. The summed E-state index contributed by atoms with van der Waals surface area (Å²) in [6.45, 7) is 1.73. The molecule has 1 N–H and O–H groups in total. The van der Waals surface area contributed by atoms with Crippen LogP contribution >= 0.6 is 23.1 Å². The molecule has 0 spiro atoms. The summed E-state index contributed by atoms with van der Waals surface area (Å²) in [6.07, 6.45) is 0. The lowest BCUT2D eigenvalue weighted by molar-refractivity contribution is 0.0598. The topological polar surface area (TPSA) is 76.5 Å².